The molecule has 0 aliphatic carbocycles. The van der Waals surface area contributed by atoms with E-state index in [0.717, 1.165) is 17.7 Å². The van der Waals surface area contributed by atoms with Crippen molar-refractivity contribution in [2.75, 3.05) is 24.5 Å². The lowest BCUT2D eigenvalue weighted by Gasteiger charge is -2.44. The number of pyridine rings is 1. The molecule has 1 unspecified atom stereocenters. The third kappa shape index (κ3) is 4.95. The number of aliphatic hydroxyl groups is 1. The van der Waals surface area contributed by atoms with Crippen LogP contribution in [0.2, 0.25) is 5.02 Å². The van der Waals surface area contributed by atoms with Crippen molar-refractivity contribution in [3.8, 4) is 11.3 Å². The molecule has 1 amide bonds. The van der Waals surface area contributed by atoms with Crippen molar-refractivity contribution in [2.24, 2.45) is 4.99 Å². The van der Waals surface area contributed by atoms with Crippen molar-refractivity contribution < 1.29 is 18.7 Å². The van der Waals surface area contributed by atoms with Crippen LogP contribution in [0.1, 0.15) is 37.8 Å². The molecule has 0 bridgehead atoms. The lowest BCUT2D eigenvalue weighted by molar-refractivity contribution is -0.128. The minimum absolute atomic E-state index is 0.0368. The first-order valence-corrected chi connectivity index (χ1v) is 13.5. The van der Waals surface area contributed by atoms with E-state index in [0.29, 0.717) is 42.5 Å². The molecule has 2 aromatic carbocycles. The zero-order chi connectivity index (χ0) is 28.7. The van der Waals surface area contributed by atoms with Crippen LogP contribution in [-0.4, -0.2) is 63.7 Å². The maximum absolute atomic E-state index is 14.9. The summed E-state index contributed by atoms with van der Waals surface area (Å²) in [6.07, 6.45) is -0.0503. The molecule has 1 aromatic heterocycles. The fourth-order valence-electron chi connectivity index (χ4n) is 5.31. The molecule has 208 valence electrons. The van der Waals surface area contributed by atoms with E-state index in [9.17, 15) is 18.7 Å². The average Bonchev–Trinajstić information content (AvgIpc) is 2.92. The van der Waals surface area contributed by atoms with Gasteiger partial charge in [0.25, 0.3) is 0 Å². The number of amidine groups is 1. The molecule has 1 saturated heterocycles. The summed E-state index contributed by atoms with van der Waals surface area (Å²) in [6.45, 7) is 11.0. The second-order valence-electron chi connectivity index (χ2n) is 10.2. The second-order valence-corrected chi connectivity index (χ2v) is 10.6. The SMILES string of the molecule is C=CC(=O)N1CCN(C2=NC(O)N(c3ccccc3C(C)C)c3nc(-c4ccc(F)cc4F)c(Cl)cc32)[C@@H](C)C1. The number of benzene rings is 2. The summed E-state index contributed by atoms with van der Waals surface area (Å²) in [4.78, 5) is 27.1. The topological polar surface area (TPSA) is 72.3 Å². The van der Waals surface area contributed by atoms with Gasteiger partial charge in [0.15, 0.2) is 0 Å². The summed E-state index contributed by atoms with van der Waals surface area (Å²) in [5.41, 5.74) is 2.37. The monoisotopic (exact) mass is 565 g/mol. The van der Waals surface area contributed by atoms with Gasteiger partial charge < -0.3 is 14.9 Å². The van der Waals surface area contributed by atoms with E-state index in [4.69, 9.17) is 21.6 Å². The molecule has 7 nitrogen and oxygen atoms in total. The highest BCUT2D eigenvalue weighted by molar-refractivity contribution is 6.33. The Hall–Kier alpha value is -3.82. The number of anilines is 2. The van der Waals surface area contributed by atoms with E-state index in [1.807, 2.05) is 49.9 Å². The number of carbonyl (C=O) groups is 1. The number of halogens is 3. The van der Waals surface area contributed by atoms with E-state index in [1.54, 1.807) is 15.9 Å². The molecule has 1 fully saturated rings. The number of hydrogen-bond donors (Lipinski definition) is 1. The van der Waals surface area contributed by atoms with E-state index in [1.165, 1.54) is 12.1 Å². The van der Waals surface area contributed by atoms with Gasteiger partial charge in [0, 0.05) is 37.3 Å². The summed E-state index contributed by atoms with van der Waals surface area (Å²) in [7, 11) is 0. The highest BCUT2D eigenvalue weighted by atomic mass is 35.5. The van der Waals surface area contributed by atoms with Gasteiger partial charge in [-0.2, -0.15) is 0 Å². The minimum atomic E-state index is -1.35. The molecule has 3 aromatic rings. The predicted octanol–water partition coefficient (Wildman–Crippen LogP) is 5.70. The van der Waals surface area contributed by atoms with E-state index >= 15 is 0 Å². The van der Waals surface area contributed by atoms with Crippen LogP contribution in [0.3, 0.4) is 0 Å². The van der Waals surface area contributed by atoms with Gasteiger partial charge in [-0.15, -0.1) is 0 Å². The van der Waals surface area contributed by atoms with Gasteiger partial charge in [0.1, 0.15) is 23.3 Å². The summed E-state index contributed by atoms with van der Waals surface area (Å²) in [5, 5.41) is 11.7. The Morgan fingerprint density at radius 1 is 1.15 bits per heavy atom. The third-order valence-corrected chi connectivity index (χ3v) is 7.57. The number of carbonyl (C=O) groups excluding carboxylic acids is 1. The fraction of sp³-hybridized carbons (Fsp3) is 0.300. The van der Waals surface area contributed by atoms with E-state index in [2.05, 4.69) is 6.58 Å². The van der Waals surface area contributed by atoms with Gasteiger partial charge in [0.05, 0.1) is 22.0 Å². The lowest BCUT2D eigenvalue weighted by Crippen LogP contribution is -2.56. The molecule has 10 heteroatoms. The molecular formula is C30H30ClF2N5O2. The highest BCUT2D eigenvalue weighted by Crippen LogP contribution is 2.42. The van der Waals surface area contributed by atoms with Crippen LogP contribution < -0.4 is 4.90 Å². The molecule has 0 spiro atoms. The number of piperazine rings is 1. The number of aliphatic imine (C=N–C) groups is 1. The number of nitrogens with zero attached hydrogens (tertiary/aromatic N) is 5. The van der Waals surface area contributed by atoms with E-state index in [-0.39, 0.29) is 34.1 Å². The van der Waals surface area contributed by atoms with Gasteiger partial charge >= 0.3 is 0 Å². The molecule has 0 saturated carbocycles. The van der Waals surface area contributed by atoms with Crippen LogP contribution in [0, 0.1) is 11.6 Å². The molecule has 5 rings (SSSR count). The van der Waals surface area contributed by atoms with Crippen LogP contribution in [0.25, 0.3) is 11.3 Å². The van der Waals surface area contributed by atoms with Crippen molar-refractivity contribution in [3.63, 3.8) is 0 Å². The number of para-hydroxylation sites is 1. The van der Waals surface area contributed by atoms with Crippen LogP contribution in [0.5, 0.6) is 0 Å². The first kappa shape index (κ1) is 27.7. The zero-order valence-electron chi connectivity index (χ0n) is 22.5. The Morgan fingerprint density at radius 2 is 1.90 bits per heavy atom. The molecular weight excluding hydrogens is 536 g/mol. The number of aromatic nitrogens is 1. The Balaban J connectivity index is 1.68. The van der Waals surface area contributed by atoms with Crippen LogP contribution in [-0.2, 0) is 4.79 Å². The number of rotatable bonds is 4. The van der Waals surface area contributed by atoms with Crippen molar-refractivity contribution >= 4 is 34.8 Å². The summed E-state index contributed by atoms with van der Waals surface area (Å²) in [6, 6.07) is 12.4. The maximum atomic E-state index is 14.9. The molecule has 3 heterocycles. The summed E-state index contributed by atoms with van der Waals surface area (Å²) in [5.74, 6) is -0.732. The fourth-order valence-corrected chi connectivity index (χ4v) is 5.56. The normalized spacial score (nSPS) is 19.0. The first-order chi connectivity index (χ1) is 19.1. The highest BCUT2D eigenvalue weighted by Gasteiger charge is 2.37. The van der Waals surface area contributed by atoms with Crippen molar-refractivity contribution in [2.45, 2.75) is 39.1 Å². The Kier molecular flexibility index (Phi) is 7.61. The lowest BCUT2D eigenvalue weighted by atomic mass is 9.99. The Morgan fingerprint density at radius 3 is 2.58 bits per heavy atom. The number of amides is 1. The quantitative estimate of drug-likeness (QED) is 0.411. The standard InChI is InChI=1S/C30H30ClF2N5O2/c1-5-26(39)36-12-13-37(18(4)16-36)28-22-15-23(31)27(21-11-10-19(32)14-24(21)33)34-29(22)38(30(40)35-28)25-9-7-6-8-20(25)17(2)3/h5-11,14-15,17-18,30,40H,1,12-13,16H2,2-4H3/t18-,30?/m0/s1. The summed E-state index contributed by atoms with van der Waals surface area (Å²) < 4.78 is 28.6. The number of fused-ring (bicyclic) bond motifs is 1. The molecule has 0 radical (unpaired) electrons. The maximum Gasteiger partial charge on any atom is 0.246 e. The van der Waals surface area contributed by atoms with Crippen LogP contribution in [0.4, 0.5) is 20.3 Å². The van der Waals surface area contributed by atoms with Crippen molar-refractivity contribution in [1.82, 2.24) is 14.8 Å². The molecule has 1 N–H and O–H groups in total. The third-order valence-electron chi connectivity index (χ3n) is 7.28. The zero-order valence-corrected chi connectivity index (χ0v) is 23.2. The Bertz CT molecular complexity index is 1510. The van der Waals surface area contributed by atoms with Crippen LogP contribution >= 0.6 is 11.6 Å². The number of hydrogen-bond acceptors (Lipinski definition) is 6. The predicted molar refractivity (Wildman–Crippen MR) is 153 cm³/mol. The van der Waals surface area contributed by atoms with Crippen LogP contribution in [0.15, 0.2) is 66.2 Å². The smallest absolute Gasteiger partial charge is 0.246 e. The largest absolute Gasteiger partial charge is 0.355 e. The van der Waals surface area contributed by atoms with Gasteiger partial charge in [0.2, 0.25) is 12.3 Å². The molecule has 2 atom stereocenters. The van der Waals surface area contributed by atoms with Gasteiger partial charge in [-0.05, 0) is 48.7 Å². The van der Waals surface area contributed by atoms with Gasteiger partial charge in [-0.25, -0.2) is 18.8 Å². The molecule has 2 aliphatic rings. The van der Waals surface area contributed by atoms with Crippen molar-refractivity contribution in [1.29, 1.82) is 0 Å². The second kappa shape index (κ2) is 11.0. The van der Waals surface area contributed by atoms with E-state index < -0.39 is 18.0 Å². The van der Waals surface area contributed by atoms with Gasteiger partial charge in [-0.3, -0.25) is 9.69 Å². The molecule has 2 aliphatic heterocycles. The summed E-state index contributed by atoms with van der Waals surface area (Å²) >= 11 is 6.70. The molecule has 40 heavy (non-hydrogen) atoms. The van der Waals surface area contributed by atoms with Gasteiger partial charge in [-0.1, -0.05) is 50.2 Å². The minimum Gasteiger partial charge on any atom is -0.355 e. The average molecular weight is 566 g/mol. The number of aliphatic hydroxyl groups excluding tert-OH is 1. The van der Waals surface area contributed by atoms with Crippen molar-refractivity contribution in [3.05, 3.63) is 89.0 Å². The first-order valence-electron chi connectivity index (χ1n) is 13.1. The Labute approximate surface area is 237 Å².